The lowest BCUT2D eigenvalue weighted by Gasteiger charge is -2.07. The van der Waals surface area contributed by atoms with E-state index in [1.54, 1.807) is 0 Å². The molecule has 1 rings (SSSR count). The number of amides is 1. The Hall–Kier alpha value is -1.82. The van der Waals surface area contributed by atoms with Crippen LogP contribution in [0.4, 0.5) is 16.2 Å². The molecule has 6 nitrogen and oxygen atoms in total. The summed E-state index contributed by atoms with van der Waals surface area (Å²) < 4.78 is 4.85. The maximum Gasteiger partial charge on any atom is 0.411 e. The average Bonchev–Trinajstić information content (AvgIpc) is 2.31. The predicted octanol–water partition coefficient (Wildman–Crippen LogP) is 3.60. The number of nitrogens with zero attached hydrogens (tertiary/aromatic N) is 1. The van der Waals surface area contributed by atoms with Crippen molar-refractivity contribution >= 4 is 29.1 Å². The predicted molar refractivity (Wildman–Crippen MR) is 68.0 cm³/mol. The van der Waals surface area contributed by atoms with E-state index in [-0.39, 0.29) is 23.0 Å². The quantitative estimate of drug-likeness (QED) is 0.504. The van der Waals surface area contributed by atoms with Crippen LogP contribution in [0.25, 0.3) is 0 Å². The Kier molecular flexibility index (Phi) is 5.38. The zero-order valence-electron chi connectivity index (χ0n) is 9.81. The Bertz CT molecular complexity index is 451. The van der Waals surface area contributed by atoms with E-state index in [1.807, 2.05) is 6.92 Å². The van der Waals surface area contributed by atoms with Crippen molar-refractivity contribution in [2.45, 2.75) is 19.8 Å². The molecule has 1 aromatic carbocycles. The van der Waals surface area contributed by atoms with Crippen molar-refractivity contribution in [2.75, 3.05) is 11.9 Å². The molecule has 0 fully saturated rings. The summed E-state index contributed by atoms with van der Waals surface area (Å²) >= 11 is 5.65. The Morgan fingerprint density at radius 2 is 2.28 bits per heavy atom. The molecule has 0 aliphatic carbocycles. The molecular formula is C11H13ClN2O4. The van der Waals surface area contributed by atoms with E-state index in [9.17, 15) is 14.9 Å². The third-order valence-electron chi connectivity index (χ3n) is 2.12. The first-order chi connectivity index (χ1) is 8.54. The number of nitro groups is 1. The highest BCUT2D eigenvalue weighted by molar-refractivity contribution is 6.31. The van der Waals surface area contributed by atoms with Crippen molar-refractivity contribution in [3.63, 3.8) is 0 Å². The molecule has 0 aliphatic heterocycles. The van der Waals surface area contributed by atoms with Gasteiger partial charge in [0, 0.05) is 11.1 Å². The average molecular weight is 273 g/mol. The van der Waals surface area contributed by atoms with E-state index in [4.69, 9.17) is 16.3 Å². The van der Waals surface area contributed by atoms with Gasteiger partial charge in [-0.3, -0.25) is 15.4 Å². The summed E-state index contributed by atoms with van der Waals surface area (Å²) in [7, 11) is 0. The molecule has 7 heteroatoms. The number of halogens is 1. The zero-order chi connectivity index (χ0) is 13.5. The maximum absolute atomic E-state index is 11.4. The van der Waals surface area contributed by atoms with Crippen LogP contribution in [0.3, 0.4) is 0 Å². The number of unbranched alkanes of at least 4 members (excludes halogenated alkanes) is 1. The highest BCUT2D eigenvalue weighted by Crippen LogP contribution is 2.27. The maximum atomic E-state index is 11.4. The van der Waals surface area contributed by atoms with Gasteiger partial charge in [0.2, 0.25) is 0 Å². The SMILES string of the molecule is CCCCOC(=O)Nc1ccc(Cl)cc1[N+](=O)[O-]. The van der Waals surface area contributed by atoms with Gasteiger partial charge in [0.25, 0.3) is 5.69 Å². The Labute approximate surface area is 109 Å². The highest BCUT2D eigenvalue weighted by Gasteiger charge is 2.16. The number of hydrogen-bond donors (Lipinski definition) is 1. The molecule has 0 radical (unpaired) electrons. The molecule has 0 saturated heterocycles. The Morgan fingerprint density at radius 1 is 1.56 bits per heavy atom. The third-order valence-corrected chi connectivity index (χ3v) is 2.36. The molecule has 0 spiro atoms. The van der Waals surface area contributed by atoms with Crippen LogP contribution in [-0.4, -0.2) is 17.6 Å². The van der Waals surface area contributed by atoms with E-state index in [2.05, 4.69) is 5.32 Å². The third kappa shape index (κ3) is 4.21. The monoisotopic (exact) mass is 272 g/mol. The molecule has 0 heterocycles. The Balaban J connectivity index is 2.72. The molecule has 1 aromatic rings. The van der Waals surface area contributed by atoms with Crippen molar-refractivity contribution < 1.29 is 14.5 Å². The Morgan fingerprint density at radius 3 is 2.89 bits per heavy atom. The number of carbonyl (C=O) groups is 1. The molecular weight excluding hydrogens is 260 g/mol. The normalized spacial score (nSPS) is 9.89. The van der Waals surface area contributed by atoms with Crippen LogP contribution in [0.1, 0.15) is 19.8 Å². The van der Waals surface area contributed by atoms with Gasteiger partial charge in [0.1, 0.15) is 5.69 Å². The number of carbonyl (C=O) groups excluding carboxylic acids is 1. The molecule has 0 bridgehead atoms. The zero-order valence-corrected chi connectivity index (χ0v) is 10.6. The summed E-state index contributed by atoms with van der Waals surface area (Å²) in [6, 6.07) is 3.99. The van der Waals surface area contributed by atoms with Gasteiger partial charge in [-0.05, 0) is 18.6 Å². The first-order valence-electron chi connectivity index (χ1n) is 5.42. The number of anilines is 1. The molecule has 0 saturated carbocycles. The molecule has 1 amide bonds. The van der Waals surface area contributed by atoms with E-state index in [0.29, 0.717) is 0 Å². The van der Waals surface area contributed by atoms with Crippen LogP contribution in [0, 0.1) is 10.1 Å². The van der Waals surface area contributed by atoms with Crippen LogP contribution in [0.15, 0.2) is 18.2 Å². The van der Waals surface area contributed by atoms with Crippen molar-refractivity contribution in [3.8, 4) is 0 Å². The lowest BCUT2D eigenvalue weighted by molar-refractivity contribution is -0.383. The summed E-state index contributed by atoms with van der Waals surface area (Å²) in [5.41, 5.74) is -0.208. The minimum Gasteiger partial charge on any atom is -0.449 e. The minimum atomic E-state index is -0.714. The summed E-state index contributed by atoms with van der Waals surface area (Å²) in [6.07, 6.45) is 0.929. The lowest BCUT2D eigenvalue weighted by atomic mass is 10.2. The largest absolute Gasteiger partial charge is 0.449 e. The number of hydrogen-bond acceptors (Lipinski definition) is 4. The molecule has 0 aliphatic rings. The smallest absolute Gasteiger partial charge is 0.411 e. The molecule has 98 valence electrons. The van der Waals surface area contributed by atoms with E-state index in [0.717, 1.165) is 12.8 Å². The van der Waals surface area contributed by atoms with Gasteiger partial charge in [-0.2, -0.15) is 0 Å². The van der Waals surface area contributed by atoms with Crippen LogP contribution in [-0.2, 0) is 4.74 Å². The van der Waals surface area contributed by atoms with Crippen molar-refractivity contribution in [2.24, 2.45) is 0 Å². The van der Waals surface area contributed by atoms with Crippen LogP contribution < -0.4 is 5.32 Å². The summed E-state index contributed by atoms with van der Waals surface area (Å²) in [6.45, 7) is 2.25. The van der Waals surface area contributed by atoms with E-state index >= 15 is 0 Å². The second-order valence-electron chi connectivity index (χ2n) is 3.53. The van der Waals surface area contributed by atoms with Crippen LogP contribution in [0.5, 0.6) is 0 Å². The minimum absolute atomic E-state index is 0.0610. The second-order valence-corrected chi connectivity index (χ2v) is 3.97. The van der Waals surface area contributed by atoms with Gasteiger partial charge < -0.3 is 4.74 Å². The molecule has 0 aromatic heterocycles. The fourth-order valence-electron chi connectivity index (χ4n) is 1.22. The summed E-state index contributed by atoms with van der Waals surface area (Å²) in [5, 5.41) is 13.3. The first kappa shape index (κ1) is 14.2. The fraction of sp³-hybridized carbons (Fsp3) is 0.364. The molecule has 18 heavy (non-hydrogen) atoms. The van der Waals surface area contributed by atoms with Gasteiger partial charge in [-0.1, -0.05) is 24.9 Å². The number of rotatable bonds is 5. The van der Waals surface area contributed by atoms with Crippen LogP contribution >= 0.6 is 11.6 Å². The molecule has 1 N–H and O–H groups in total. The van der Waals surface area contributed by atoms with Crippen molar-refractivity contribution in [3.05, 3.63) is 33.3 Å². The number of benzene rings is 1. The van der Waals surface area contributed by atoms with Gasteiger partial charge in [-0.25, -0.2) is 4.79 Å². The molecule has 0 unspecified atom stereocenters. The standard InChI is InChI=1S/C11H13ClN2O4/c1-2-3-6-18-11(15)13-9-5-4-8(12)7-10(9)14(16)17/h4-5,7H,2-3,6H2,1H3,(H,13,15). The number of ether oxygens (including phenoxy) is 1. The number of nitro benzene ring substituents is 1. The van der Waals surface area contributed by atoms with Gasteiger partial charge in [0.05, 0.1) is 11.5 Å². The van der Waals surface area contributed by atoms with Crippen LogP contribution in [0.2, 0.25) is 5.02 Å². The topological polar surface area (TPSA) is 81.5 Å². The van der Waals surface area contributed by atoms with Gasteiger partial charge in [0.15, 0.2) is 0 Å². The lowest BCUT2D eigenvalue weighted by Crippen LogP contribution is -2.15. The highest BCUT2D eigenvalue weighted by atomic mass is 35.5. The van der Waals surface area contributed by atoms with Crippen molar-refractivity contribution in [1.82, 2.24) is 0 Å². The number of nitrogens with one attached hydrogen (secondary N) is 1. The molecule has 0 atom stereocenters. The van der Waals surface area contributed by atoms with Gasteiger partial charge >= 0.3 is 6.09 Å². The van der Waals surface area contributed by atoms with E-state index < -0.39 is 11.0 Å². The van der Waals surface area contributed by atoms with E-state index in [1.165, 1.54) is 18.2 Å². The van der Waals surface area contributed by atoms with Crippen molar-refractivity contribution in [1.29, 1.82) is 0 Å². The summed E-state index contributed by atoms with van der Waals surface area (Å²) in [5.74, 6) is 0. The van der Waals surface area contributed by atoms with Gasteiger partial charge in [-0.15, -0.1) is 0 Å². The summed E-state index contributed by atoms with van der Waals surface area (Å²) in [4.78, 5) is 21.5. The first-order valence-corrected chi connectivity index (χ1v) is 5.80. The fourth-order valence-corrected chi connectivity index (χ4v) is 1.38. The second kappa shape index (κ2) is 6.80.